The Labute approximate surface area is 232 Å². The highest BCUT2D eigenvalue weighted by molar-refractivity contribution is 5.71. The van der Waals surface area contributed by atoms with Gasteiger partial charge in [0, 0.05) is 36.9 Å². The Bertz CT molecular complexity index is 1140. The van der Waals surface area contributed by atoms with E-state index < -0.39 is 5.60 Å². The van der Waals surface area contributed by atoms with Gasteiger partial charge in [-0.05, 0) is 70.3 Å². The van der Waals surface area contributed by atoms with Crippen LogP contribution in [0.1, 0.15) is 108 Å². The van der Waals surface area contributed by atoms with Gasteiger partial charge in [-0.15, -0.1) is 10.2 Å². The molecule has 3 fully saturated rings. The van der Waals surface area contributed by atoms with Gasteiger partial charge in [-0.3, -0.25) is 4.79 Å². The average molecular weight is 537 g/mol. The van der Waals surface area contributed by atoms with Crippen LogP contribution in [-0.2, 0) is 20.9 Å². The van der Waals surface area contributed by atoms with Crippen molar-refractivity contribution in [3.05, 3.63) is 47.5 Å². The van der Waals surface area contributed by atoms with E-state index in [0.29, 0.717) is 31.0 Å². The number of likely N-dealkylation sites (tertiary alicyclic amines) is 1. The fourth-order valence-electron chi connectivity index (χ4n) is 6.12. The molecule has 1 aromatic carbocycles. The van der Waals surface area contributed by atoms with E-state index in [1.165, 1.54) is 19.3 Å². The maximum Gasteiger partial charge on any atom is 0.410 e. The molecule has 8 heteroatoms. The second kappa shape index (κ2) is 11.3. The highest BCUT2D eigenvalue weighted by Gasteiger charge is 2.45. The SMILES string of the molecule is CC(C)CC1CC(c2nnc(C(CC(=O)OC(C)(C)C)C3CN(C(=O)OCc4ccccc4)C3)n2C2CC2)C1. The second-order valence-corrected chi connectivity index (χ2v) is 13.3. The normalized spacial score (nSPS) is 22.3. The van der Waals surface area contributed by atoms with Gasteiger partial charge in [0.05, 0.1) is 6.42 Å². The summed E-state index contributed by atoms with van der Waals surface area (Å²) in [4.78, 5) is 27.5. The molecule has 2 aliphatic carbocycles. The summed E-state index contributed by atoms with van der Waals surface area (Å²) >= 11 is 0. The van der Waals surface area contributed by atoms with Gasteiger partial charge in [0.2, 0.25) is 0 Å². The Balaban J connectivity index is 1.29. The third kappa shape index (κ3) is 6.82. The molecular weight excluding hydrogens is 492 g/mol. The molecule has 2 aromatic rings. The molecule has 0 bridgehead atoms. The van der Waals surface area contributed by atoms with Gasteiger partial charge in [0.25, 0.3) is 0 Å². The third-order valence-electron chi connectivity index (χ3n) is 8.15. The van der Waals surface area contributed by atoms with Gasteiger partial charge < -0.3 is 18.9 Å². The maximum absolute atomic E-state index is 13.0. The third-order valence-corrected chi connectivity index (χ3v) is 8.15. The molecule has 212 valence electrons. The molecule has 1 unspecified atom stereocenters. The van der Waals surface area contributed by atoms with Crippen LogP contribution in [0.2, 0.25) is 0 Å². The van der Waals surface area contributed by atoms with Crippen molar-refractivity contribution in [3.8, 4) is 0 Å². The molecule has 8 nitrogen and oxygen atoms in total. The molecule has 5 rings (SSSR count). The number of nitrogens with zero attached hydrogens (tertiary/aromatic N) is 4. The molecule has 0 radical (unpaired) electrons. The van der Waals surface area contributed by atoms with Gasteiger partial charge in [-0.25, -0.2) is 4.79 Å². The van der Waals surface area contributed by atoms with E-state index in [-0.39, 0.29) is 36.9 Å². The first kappa shape index (κ1) is 27.7. The van der Waals surface area contributed by atoms with Crippen molar-refractivity contribution < 1.29 is 19.1 Å². The van der Waals surface area contributed by atoms with Crippen molar-refractivity contribution in [1.82, 2.24) is 19.7 Å². The smallest absolute Gasteiger partial charge is 0.410 e. The molecule has 0 spiro atoms. The molecule has 39 heavy (non-hydrogen) atoms. The molecule has 2 saturated carbocycles. The average Bonchev–Trinajstić information content (AvgIpc) is 3.56. The minimum atomic E-state index is -0.554. The van der Waals surface area contributed by atoms with Crippen LogP contribution < -0.4 is 0 Å². The quantitative estimate of drug-likeness (QED) is 0.334. The van der Waals surface area contributed by atoms with Crippen LogP contribution in [0.25, 0.3) is 0 Å². The Hall–Kier alpha value is -2.90. The standard InChI is InChI=1S/C31H44N4O4/c1-20(2)13-22-14-23(15-22)28-32-33-29(35(28)25-11-12-25)26(16-27(36)39-31(3,4)5)24-17-34(18-24)30(37)38-19-21-9-7-6-8-10-21/h6-10,20,22-26H,11-19H2,1-5H3. The maximum atomic E-state index is 13.0. The van der Waals surface area contributed by atoms with E-state index in [1.54, 1.807) is 4.90 Å². The van der Waals surface area contributed by atoms with Crippen molar-refractivity contribution in [2.45, 2.75) is 103 Å². The summed E-state index contributed by atoms with van der Waals surface area (Å²) in [7, 11) is 0. The topological polar surface area (TPSA) is 86.6 Å². The number of esters is 1. The molecule has 1 saturated heterocycles. The lowest BCUT2D eigenvalue weighted by atomic mass is 9.71. The van der Waals surface area contributed by atoms with Crippen molar-refractivity contribution in [2.24, 2.45) is 17.8 Å². The zero-order chi connectivity index (χ0) is 27.7. The predicted octanol–water partition coefficient (Wildman–Crippen LogP) is 6.24. The lowest BCUT2D eigenvalue weighted by Crippen LogP contribution is -2.53. The highest BCUT2D eigenvalue weighted by atomic mass is 16.6. The van der Waals surface area contributed by atoms with E-state index >= 15 is 0 Å². The van der Waals surface area contributed by atoms with Crippen LogP contribution in [0.5, 0.6) is 0 Å². The number of benzene rings is 1. The first-order chi connectivity index (χ1) is 18.6. The number of ether oxygens (including phenoxy) is 2. The van der Waals surface area contributed by atoms with Crippen LogP contribution in [0.3, 0.4) is 0 Å². The predicted molar refractivity (Wildman–Crippen MR) is 148 cm³/mol. The number of rotatable bonds is 10. The van der Waals surface area contributed by atoms with E-state index in [1.807, 2.05) is 51.1 Å². The van der Waals surface area contributed by atoms with E-state index in [9.17, 15) is 9.59 Å². The van der Waals surface area contributed by atoms with E-state index in [0.717, 1.165) is 36.0 Å². The summed E-state index contributed by atoms with van der Waals surface area (Å²) in [6.45, 7) is 11.6. The number of carbonyl (C=O) groups excluding carboxylic acids is 2. The Kier molecular flexibility index (Phi) is 8.01. The van der Waals surface area contributed by atoms with E-state index in [4.69, 9.17) is 19.7 Å². The number of hydrogen-bond acceptors (Lipinski definition) is 6. The lowest BCUT2D eigenvalue weighted by Gasteiger charge is -2.42. The molecule has 1 amide bonds. The zero-order valence-corrected chi connectivity index (χ0v) is 24.1. The van der Waals surface area contributed by atoms with Gasteiger partial charge >= 0.3 is 12.1 Å². The van der Waals surface area contributed by atoms with Crippen molar-refractivity contribution >= 4 is 12.1 Å². The van der Waals surface area contributed by atoms with Crippen molar-refractivity contribution in [1.29, 1.82) is 0 Å². The highest BCUT2D eigenvalue weighted by Crippen LogP contribution is 2.48. The molecule has 1 aromatic heterocycles. The molecule has 2 heterocycles. The Morgan fingerprint density at radius 2 is 1.74 bits per heavy atom. The largest absolute Gasteiger partial charge is 0.460 e. The monoisotopic (exact) mass is 536 g/mol. The van der Waals surface area contributed by atoms with Crippen LogP contribution in [0.4, 0.5) is 4.79 Å². The zero-order valence-electron chi connectivity index (χ0n) is 24.1. The summed E-state index contributed by atoms with van der Waals surface area (Å²) in [6.07, 6.45) is 5.78. The van der Waals surface area contributed by atoms with Crippen LogP contribution >= 0.6 is 0 Å². The van der Waals surface area contributed by atoms with Gasteiger partial charge in [0.15, 0.2) is 0 Å². The summed E-state index contributed by atoms with van der Waals surface area (Å²) in [5.41, 5.74) is 0.406. The Morgan fingerprint density at radius 3 is 2.36 bits per heavy atom. The van der Waals surface area contributed by atoms with Crippen molar-refractivity contribution in [2.75, 3.05) is 13.1 Å². The van der Waals surface area contributed by atoms with Gasteiger partial charge in [0.1, 0.15) is 23.9 Å². The number of hydrogen-bond donors (Lipinski definition) is 0. The van der Waals surface area contributed by atoms with Gasteiger partial charge in [-0.2, -0.15) is 0 Å². The number of aromatic nitrogens is 3. The van der Waals surface area contributed by atoms with Crippen molar-refractivity contribution in [3.63, 3.8) is 0 Å². The molecule has 0 N–H and O–H groups in total. The van der Waals surface area contributed by atoms with Crippen LogP contribution in [0.15, 0.2) is 30.3 Å². The number of amides is 1. The fraction of sp³-hybridized carbons (Fsp3) is 0.677. The van der Waals surface area contributed by atoms with Crippen LogP contribution in [0, 0.1) is 17.8 Å². The molecule has 1 atom stereocenters. The molecular formula is C31H44N4O4. The summed E-state index contributed by atoms with van der Waals surface area (Å²) in [5, 5.41) is 9.46. The molecule has 3 aliphatic rings. The second-order valence-electron chi connectivity index (χ2n) is 13.3. The number of carbonyl (C=O) groups is 2. The first-order valence-electron chi connectivity index (χ1n) is 14.7. The van der Waals surface area contributed by atoms with Crippen LogP contribution in [-0.4, -0.2) is 50.4 Å². The lowest BCUT2D eigenvalue weighted by molar-refractivity contribution is -0.156. The summed E-state index contributed by atoms with van der Waals surface area (Å²) in [5.74, 6) is 3.65. The summed E-state index contributed by atoms with van der Waals surface area (Å²) < 4.78 is 13.6. The minimum Gasteiger partial charge on any atom is -0.460 e. The minimum absolute atomic E-state index is 0.103. The first-order valence-corrected chi connectivity index (χ1v) is 14.7. The molecule has 1 aliphatic heterocycles. The van der Waals surface area contributed by atoms with Gasteiger partial charge in [-0.1, -0.05) is 44.2 Å². The Morgan fingerprint density at radius 1 is 1.05 bits per heavy atom. The van der Waals surface area contributed by atoms with E-state index in [2.05, 4.69) is 18.4 Å². The fourth-order valence-corrected chi connectivity index (χ4v) is 6.12. The summed E-state index contributed by atoms with van der Waals surface area (Å²) in [6, 6.07) is 10.1.